The smallest absolute Gasteiger partial charge is 0.201 e. The van der Waals surface area contributed by atoms with Crippen molar-refractivity contribution < 1.29 is 4.74 Å². The quantitative estimate of drug-likeness (QED) is 0.883. The molecule has 1 heterocycles. The van der Waals surface area contributed by atoms with E-state index in [1.807, 2.05) is 26.0 Å². The summed E-state index contributed by atoms with van der Waals surface area (Å²) in [7, 11) is 0. The number of ether oxygens (including phenoxy) is 1. The molecule has 1 saturated carbocycles. The molecule has 0 spiro atoms. The summed E-state index contributed by atoms with van der Waals surface area (Å²) in [6.07, 6.45) is 2.54. The highest BCUT2D eigenvalue weighted by atomic mass is 16.5. The number of rotatable bonds is 3. The summed E-state index contributed by atoms with van der Waals surface area (Å²) in [6.45, 7) is 4.03. The van der Waals surface area contributed by atoms with E-state index in [0.29, 0.717) is 12.0 Å². The maximum Gasteiger partial charge on any atom is 0.201 e. The fourth-order valence-corrected chi connectivity index (χ4v) is 2.17. The van der Waals surface area contributed by atoms with E-state index in [2.05, 4.69) is 15.6 Å². The van der Waals surface area contributed by atoms with E-state index in [4.69, 9.17) is 10.5 Å². The van der Waals surface area contributed by atoms with Crippen molar-refractivity contribution in [3.05, 3.63) is 18.2 Å². The zero-order valence-corrected chi connectivity index (χ0v) is 10.2. The molecule has 90 valence electrons. The van der Waals surface area contributed by atoms with Crippen LogP contribution in [0.25, 0.3) is 11.0 Å². The van der Waals surface area contributed by atoms with Crippen LogP contribution in [0, 0.1) is 0 Å². The molecule has 2 aromatic rings. The van der Waals surface area contributed by atoms with Crippen LogP contribution in [0.2, 0.25) is 0 Å². The zero-order chi connectivity index (χ0) is 12.0. The van der Waals surface area contributed by atoms with Gasteiger partial charge in [-0.3, -0.25) is 0 Å². The SMILES string of the molecule is CC(C)Oc1cccc2c1nc(N)n2C1CC1. The highest BCUT2D eigenvalue weighted by molar-refractivity contribution is 5.84. The Morgan fingerprint density at radius 1 is 1.41 bits per heavy atom. The Morgan fingerprint density at radius 3 is 2.82 bits per heavy atom. The summed E-state index contributed by atoms with van der Waals surface area (Å²) in [5.74, 6) is 1.42. The number of imidazole rings is 1. The van der Waals surface area contributed by atoms with Crippen LogP contribution in [0.15, 0.2) is 18.2 Å². The van der Waals surface area contributed by atoms with Gasteiger partial charge in [-0.2, -0.15) is 0 Å². The fraction of sp³-hybridized carbons (Fsp3) is 0.462. The molecule has 0 atom stereocenters. The third-order valence-electron chi connectivity index (χ3n) is 2.99. The van der Waals surface area contributed by atoms with Crippen molar-refractivity contribution in [1.29, 1.82) is 0 Å². The third-order valence-corrected chi connectivity index (χ3v) is 2.99. The van der Waals surface area contributed by atoms with Crippen molar-refractivity contribution in [2.45, 2.75) is 38.8 Å². The van der Waals surface area contributed by atoms with Crippen molar-refractivity contribution in [2.24, 2.45) is 0 Å². The van der Waals surface area contributed by atoms with Crippen LogP contribution in [0.1, 0.15) is 32.7 Å². The van der Waals surface area contributed by atoms with E-state index in [0.717, 1.165) is 16.8 Å². The molecule has 1 aromatic carbocycles. The van der Waals surface area contributed by atoms with Gasteiger partial charge in [0.05, 0.1) is 11.6 Å². The van der Waals surface area contributed by atoms with Crippen LogP contribution in [-0.4, -0.2) is 15.7 Å². The average Bonchev–Trinajstić information content (AvgIpc) is 3.02. The molecule has 4 nitrogen and oxygen atoms in total. The number of nitrogens with two attached hydrogens (primary N) is 1. The first kappa shape index (κ1) is 10.4. The minimum absolute atomic E-state index is 0.146. The van der Waals surface area contributed by atoms with Crippen molar-refractivity contribution in [1.82, 2.24) is 9.55 Å². The van der Waals surface area contributed by atoms with Gasteiger partial charge in [0.15, 0.2) is 0 Å². The normalized spacial score (nSPS) is 15.7. The standard InChI is InChI=1S/C13H17N3O/c1-8(2)17-11-5-3-4-10-12(11)15-13(14)16(10)9-6-7-9/h3-5,8-9H,6-7H2,1-2H3,(H2,14,15). The summed E-state index contributed by atoms with van der Waals surface area (Å²) in [5.41, 5.74) is 7.96. The topological polar surface area (TPSA) is 53.1 Å². The molecule has 1 fully saturated rings. The van der Waals surface area contributed by atoms with Gasteiger partial charge < -0.3 is 15.0 Å². The van der Waals surface area contributed by atoms with Gasteiger partial charge >= 0.3 is 0 Å². The van der Waals surface area contributed by atoms with Gasteiger partial charge in [0.25, 0.3) is 0 Å². The zero-order valence-electron chi connectivity index (χ0n) is 10.2. The van der Waals surface area contributed by atoms with E-state index in [-0.39, 0.29) is 6.10 Å². The van der Waals surface area contributed by atoms with E-state index in [9.17, 15) is 0 Å². The maximum absolute atomic E-state index is 5.99. The molecule has 0 bridgehead atoms. The first-order chi connectivity index (χ1) is 8.16. The largest absolute Gasteiger partial charge is 0.489 e. The van der Waals surface area contributed by atoms with Gasteiger partial charge in [-0.25, -0.2) is 4.98 Å². The highest BCUT2D eigenvalue weighted by Crippen LogP contribution is 2.40. The molecule has 0 saturated heterocycles. The number of hydrogen-bond acceptors (Lipinski definition) is 3. The summed E-state index contributed by atoms with van der Waals surface area (Å²) in [4.78, 5) is 4.44. The van der Waals surface area contributed by atoms with Crippen molar-refractivity contribution in [2.75, 3.05) is 5.73 Å². The number of aromatic nitrogens is 2. The molecule has 1 aromatic heterocycles. The number of hydrogen-bond donors (Lipinski definition) is 1. The van der Waals surface area contributed by atoms with E-state index >= 15 is 0 Å². The Hall–Kier alpha value is -1.71. The number of benzene rings is 1. The van der Waals surface area contributed by atoms with Crippen LogP contribution >= 0.6 is 0 Å². The Bertz CT molecular complexity index is 555. The second kappa shape index (κ2) is 3.65. The number of fused-ring (bicyclic) bond motifs is 1. The van der Waals surface area contributed by atoms with Gasteiger partial charge in [-0.05, 0) is 38.8 Å². The van der Waals surface area contributed by atoms with Gasteiger partial charge in [0.2, 0.25) is 5.95 Å². The van der Waals surface area contributed by atoms with Gasteiger partial charge in [0.1, 0.15) is 11.3 Å². The average molecular weight is 231 g/mol. The Labute approximate surface area is 100 Å². The number of nitrogens with zero attached hydrogens (tertiary/aromatic N) is 2. The lowest BCUT2D eigenvalue weighted by Gasteiger charge is -2.10. The first-order valence-corrected chi connectivity index (χ1v) is 6.10. The lowest BCUT2D eigenvalue weighted by atomic mass is 10.3. The Balaban J connectivity index is 2.16. The molecule has 1 aliphatic rings. The molecular weight excluding hydrogens is 214 g/mol. The fourth-order valence-electron chi connectivity index (χ4n) is 2.17. The molecule has 0 aliphatic heterocycles. The van der Waals surface area contributed by atoms with Gasteiger partial charge in [-0.15, -0.1) is 0 Å². The summed E-state index contributed by atoms with van der Waals surface area (Å²) < 4.78 is 7.89. The van der Waals surface area contributed by atoms with Crippen LogP contribution < -0.4 is 10.5 Å². The number of para-hydroxylation sites is 1. The molecule has 2 N–H and O–H groups in total. The van der Waals surface area contributed by atoms with E-state index in [1.165, 1.54) is 12.8 Å². The maximum atomic E-state index is 5.99. The lowest BCUT2D eigenvalue weighted by Crippen LogP contribution is -2.05. The summed E-state index contributed by atoms with van der Waals surface area (Å²) >= 11 is 0. The lowest BCUT2D eigenvalue weighted by molar-refractivity contribution is 0.245. The molecule has 0 unspecified atom stereocenters. The van der Waals surface area contributed by atoms with Crippen LogP contribution in [0.4, 0.5) is 5.95 Å². The minimum Gasteiger partial charge on any atom is -0.489 e. The monoisotopic (exact) mass is 231 g/mol. The number of anilines is 1. The van der Waals surface area contributed by atoms with E-state index in [1.54, 1.807) is 0 Å². The van der Waals surface area contributed by atoms with Gasteiger partial charge in [0, 0.05) is 6.04 Å². The second-order valence-corrected chi connectivity index (χ2v) is 4.86. The predicted molar refractivity (Wildman–Crippen MR) is 68.2 cm³/mol. The number of nitrogen functional groups attached to an aromatic ring is 1. The second-order valence-electron chi connectivity index (χ2n) is 4.86. The van der Waals surface area contributed by atoms with Crippen molar-refractivity contribution in [3.8, 4) is 5.75 Å². The third kappa shape index (κ3) is 1.73. The highest BCUT2D eigenvalue weighted by Gasteiger charge is 2.28. The van der Waals surface area contributed by atoms with Crippen LogP contribution in [-0.2, 0) is 0 Å². The Kier molecular flexibility index (Phi) is 2.24. The molecule has 0 amide bonds. The molecule has 17 heavy (non-hydrogen) atoms. The van der Waals surface area contributed by atoms with E-state index < -0.39 is 0 Å². The molecular formula is C13H17N3O. The van der Waals surface area contributed by atoms with Gasteiger partial charge in [-0.1, -0.05) is 6.07 Å². The van der Waals surface area contributed by atoms with Crippen LogP contribution in [0.3, 0.4) is 0 Å². The Morgan fingerprint density at radius 2 is 2.18 bits per heavy atom. The molecule has 1 aliphatic carbocycles. The summed E-state index contributed by atoms with van der Waals surface area (Å²) in [6, 6.07) is 6.55. The molecule has 0 radical (unpaired) electrons. The van der Waals surface area contributed by atoms with Crippen molar-refractivity contribution >= 4 is 17.0 Å². The predicted octanol–water partition coefficient (Wildman–Crippen LogP) is 2.74. The van der Waals surface area contributed by atoms with Crippen LogP contribution in [0.5, 0.6) is 5.75 Å². The summed E-state index contributed by atoms with van der Waals surface area (Å²) in [5, 5.41) is 0. The van der Waals surface area contributed by atoms with Crippen molar-refractivity contribution in [3.63, 3.8) is 0 Å². The first-order valence-electron chi connectivity index (χ1n) is 6.10. The minimum atomic E-state index is 0.146. The molecule has 3 rings (SSSR count). The molecule has 4 heteroatoms.